The molecule has 3 aromatic carbocycles. The number of halogens is 1. The summed E-state index contributed by atoms with van der Waals surface area (Å²) < 4.78 is 6.96. The number of primary amides is 1. The molecule has 0 saturated carbocycles. The fourth-order valence-electron chi connectivity index (χ4n) is 4.27. The molecule has 3 N–H and O–H groups in total. The van der Waals surface area contributed by atoms with E-state index in [1.54, 1.807) is 61.1 Å². The molecule has 0 saturated heterocycles. The van der Waals surface area contributed by atoms with Gasteiger partial charge in [0.05, 0.1) is 19.0 Å². The van der Waals surface area contributed by atoms with E-state index in [4.69, 9.17) is 22.1 Å². The summed E-state index contributed by atoms with van der Waals surface area (Å²) in [5.74, 6) is -0.644. The van der Waals surface area contributed by atoms with Gasteiger partial charge in [-0.25, -0.2) is 0 Å². The number of carbonyl (C=O) groups is 3. The number of methoxy groups -OCH3 is 1. The average Bonchev–Trinajstić information content (AvgIpc) is 3.14. The van der Waals surface area contributed by atoms with E-state index in [0.717, 1.165) is 5.56 Å². The molecule has 0 fully saturated rings. The van der Waals surface area contributed by atoms with Crippen LogP contribution in [0.1, 0.15) is 27.2 Å². The molecular weight excluding hydrogens is 478 g/mol. The van der Waals surface area contributed by atoms with Crippen molar-refractivity contribution in [1.29, 1.82) is 0 Å². The number of amides is 2. The molecule has 1 heterocycles. The highest BCUT2D eigenvalue weighted by molar-refractivity contribution is 6.30. The molecule has 0 spiro atoms. The minimum Gasteiger partial charge on any atom is -0.497 e. The zero-order chi connectivity index (χ0) is 25.8. The summed E-state index contributed by atoms with van der Waals surface area (Å²) in [6.07, 6.45) is 0.237. The Morgan fingerprint density at radius 1 is 1.03 bits per heavy atom. The van der Waals surface area contributed by atoms with Gasteiger partial charge in [0.2, 0.25) is 11.8 Å². The van der Waals surface area contributed by atoms with E-state index in [9.17, 15) is 14.4 Å². The number of hydrogen-bond donors (Lipinski definition) is 2. The van der Waals surface area contributed by atoms with Gasteiger partial charge >= 0.3 is 0 Å². The third-order valence-corrected chi connectivity index (χ3v) is 6.39. The number of benzene rings is 3. The smallest absolute Gasteiger partial charge is 0.262 e. The van der Waals surface area contributed by atoms with Crippen LogP contribution in [0.4, 0.5) is 0 Å². The first-order chi connectivity index (χ1) is 17.3. The normalized spacial score (nSPS) is 11.8. The molecule has 36 heavy (non-hydrogen) atoms. The van der Waals surface area contributed by atoms with E-state index in [1.165, 1.54) is 0 Å². The highest BCUT2D eigenvalue weighted by atomic mass is 35.5. The second kappa shape index (κ2) is 10.7. The van der Waals surface area contributed by atoms with Gasteiger partial charge in [-0.2, -0.15) is 0 Å². The number of ether oxygens (including phenoxy) is 1. The molecule has 1 aromatic heterocycles. The molecule has 0 bridgehead atoms. The minimum atomic E-state index is -0.862. The van der Waals surface area contributed by atoms with E-state index >= 15 is 0 Å². The molecule has 0 aliphatic rings. The second-order valence-electron chi connectivity index (χ2n) is 8.48. The first kappa shape index (κ1) is 25.0. The number of nitrogens with two attached hydrogens (primary N) is 1. The van der Waals surface area contributed by atoms with Gasteiger partial charge in [-0.1, -0.05) is 41.9 Å². The Bertz CT molecular complexity index is 1430. The molecule has 2 amide bonds. The number of fused-ring (bicyclic) bond motifs is 1. The Kier molecular flexibility index (Phi) is 7.41. The third-order valence-electron chi connectivity index (χ3n) is 6.13. The Morgan fingerprint density at radius 2 is 1.72 bits per heavy atom. The van der Waals surface area contributed by atoms with Crippen molar-refractivity contribution in [3.63, 3.8) is 0 Å². The number of rotatable bonds is 8. The summed E-state index contributed by atoms with van der Waals surface area (Å²) >= 11 is 5.99. The summed E-state index contributed by atoms with van der Waals surface area (Å²) in [6, 6.07) is 20.5. The molecule has 0 unspecified atom stereocenters. The molecule has 184 valence electrons. The molecule has 4 aromatic rings. The Balaban J connectivity index is 1.68. The Morgan fingerprint density at radius 3 is 2.36 bits per heavy atom. The Labute approximate surface area is 213 Å². The van der Waals surface area contributed by atoms with Crippen molar-refractivity contribution in [2.45, 2.75) is 25.8 Å². The van der Waals surface area contributed by atoms with Crippen molar-refractivity contribution in [2.24, 2.45) is 5.73 Å². The lowest BCUT2D eigenvalue weighted by Crippen LogP contribution is -2.46. The maximum Gasteiger partial charge on any atom is 0.262 e. The summed E-state index contributed by atoms with van der Waals surface area (Å²) in [5, 5.41) is 4.00. The third kappa shape index (κ3) is 5.26. The molecule has 4 rings (SSSR count). The van der Waals surface area contributed by atoms with E-state index in [0.29, 0.717) is 38.5 Å². The molecular formula is C28H26ClN3O4. The van der Waals surface area contributed by atoms with Gasteiger partial charge in [0.25, 0.3) is 5.91 Å². The highest BCUT2D eigenvalue weighted by Crippen LogP contribution is 2.31. The van der Waals surface area contributed by atoms with Crippen LogP contribution in [0.15, 0.2) is 72.8 Å². The standard InChI is InChI=1S/C28H26ClN3O4/c1-17-22(16-26(33)31-24(27(30)34)14-18-6-4-3-5-7-18)23-15-21(36-2)12-13-25(23)32(17)28(35)19-8-10-20(29)11-9-19/h3-13,15,24H,14,16H2,1-2H3,(H2,30,34)(H,31,33)/t24-/m0/s1. The zero-order valence-electron chi connectivity index (χ0n) is 20.0. The van der Waals surface area contributed by atoms with Crippen molar-refractivity contribution in [1.82, 2.24) is 9.88 Å². The molecule has 0 aliphatic heterocycles. The number of carbonyl (C=O) groups excluding carboxylic acids is 3. The predicted octanol–water partition coefficient (Wildman–Crippen LogP) is 4.06. The van der Waals surface area contributed by atoms with Gasteiger partial charge in [-0.15, -0.1) is 0 Å². The van der Waals surface area contributed by atoms with Crippen LogP contribution in [0, 0.1) is 6.92 Å². The molecule has 1 atom stereocenters. The topological polar surface area (TPSA) is 103 Å². The predicted molar refractivity (Wildman–Crippen MR) is 139 cm³/mol. The van der Waals surface area contributed by atoms with Crippen LogP contribution in [-0.4, -0.2) is 35.4 Å². The minimum absolute atomic E-state index is 0.0467. The monoisotopic (exact) mass is 503 g/mol. The molecule has 8 heteroatoms. The van der Waals surface area contributed by atoms with Gasteiger partial charge in [0.15, 0.2) is 0 Å². The van der Waals surface area contributed by atoms with Gasteiger partial charge in [0, 0.05) is 28.1 Å². The summed E-state index contributed by atoms with van der Waals surface area (Å²) in [5.41, 5.74) is 8.84. The zero-order valence-corrected chi connectivity index (χ0v) is 20.7. The fourth-order valence-corrected chi connectivity index (χ4v) is 4.40. The van der Waals surface area contributed by atoms with E-state index < -0.39 is 11.9 Å². The first-order valence-electron chi connectivity index (χ1n) is 11.4. The average molecular weight is 504 g/mol. The van der Waals surface area contributed by atoms with Crippen molar-refractivity contribution in [3.05, 3.63) is 100 Å². The number of hydrogen-bond acceptors (Lipinski definition) is 4. The quantitative estimate of drug-likeness (QED) is 0.378. The van der Waals surface area contributed by atoms with E-state index in [2.05, 4.69) is 5.32 Å². The maximum atomic E-state index is 13.4. The lowest BCUT2D eigenvalue weighted by atomic mass is 10.0. The van der Waals surface area contributed by atoms with Gasteiger partial charge in [-0.05, 0) is 60.5 Å². The maximum absolute atomic E-state index is 13.4. The first-order valence-corrected chi connectivity index (χ1v) is 11.8. The summed E-state index contributed by atoms with van der Waals surface area (Å²) in [4.78, 5) is 38.6. The molecule has 7 nitrogen and oxygen atoms in total. The van der Waals surface area contributed by atoms with Gasteiger partial charge in [-0.3, -0.25) is 19.0 Å². The van der Waals surface area contributed by atoms with Crippen LogP contribution < -0.4 is 15.8 Å². The number of aromatic nitrogens is 1. The van der Waals surface area contributed by atoms with Gasteiger partial charge < -0.3 is 15.8 Å². The summed E-state index contributed by atoms with van der Waals surface area (Å²) in [6.45, 7) is 1.79. The highest BCUT2D eigenvalue weighted by Gasteiger charge is 2.24. The van der Waals surface area contributed by atoms with Crippen molar-refractivity contribution in [3.8, 4) is 5.75 Å². The van der Waals surface area contributed by atoms with Crippen LogP contribution in [-0.2, 0) is 22.4 Å². The van der Waals surface area contributed by atoms with Crippen LogP contribution in [0.2, 0.25) is 5.02 Å². The molecule has 0 aliphatic carbocycles. The van der Waals surface area contributed by atoms with Crippen molar-refractivity contribution >= 4 is 40.2 Å². The van der Waals surface area contributed by atoms with E-state index in [-0.39, 0.29) is 24.7 Å². The second-order valence-corrected chi connectivity index (χ2v) is 8.92. The SMILES string of the molecule is COc1ccc2c(c1)c(CC(=O)N[C@@H](Cc1ccccc1)C(N)=O)c(C)n2C(=O)c1ccc(Cl)cc1. The Hall–Kier alpha value is -4.10. The lowest BCUT2D eigenvalue weighted by molar-refractivity contribution is -0.126. The number of nitrogens with one attached hydrogen (secondary N) is 1. The van der Waals surface area contributed by atoms with Crippen molar-refractivity contribution in [2.75, 3.05) is 7.11 Å². The molecule has 0 radical (unpaired) electrons. The van der Waals surface area contributed by atoms with Crippen LogP contribution in [0.3, 0.4) is 0 Å². The number of nitrogens with zero attached hydrogens (tertiary/aromatic N) is 1. The lowest BCUT2D eigenvalue weighted by Gasteiger charge is -2.16. The largest absolute Gasteiger partial charge is 0.497 e. The van der Waals surface area contributed by atoms with Crippen molar-refractivity contribution < 1.29 is 19.1 Å². The van der Waals surface area contributed by atoms with Crippen LogP contribution >= 0.6 is 11.6 Å². The fraction of sp³-hybridized carbons (Fsp3) is 0.179. The van der Waals surface area contributed by atoms with Crippen LogP contribution in [0.25, 0.3) is 10.9 Å². The van der Waals surface area contributed by atoms with Gasteiger partial charge in [0.1, 0.15) is 11.8 Å². The summed E-state index contributed by atoms with van der Waals surface area (Å²) in [7, 11) is 1.55. The van der Waals surface area contributed by atoms with Crippen LogP contribution in [0.5, 0.6) is 5.75 Å². The van der Waals surface area contributed by atoms with E-state index in [1.807, 2.05) is 30.3 Å².